The average Bonchev–Trinajstić information content (AvgIpc) is 2.75. The van der Waals surface area contributed by atoms with Crippen molar-refractivity contribution in [3.8, 4) is 0 Å². The van der Waals surface area contributed by atoms with Crippen LogP contribution in [0.4, 0.5) is 0 Å². The van der Waals surface area contributed by atoms with Crippen LogP contribution in [0, 0.1) is 11.3 Å². The molecule has 2 atom stereocenters. The van der Waals surface area contributed by atoms with Crippen LogP contribution >= 0.6 is 23.2 Å². The van der Waals surface area contributed by atoms with Crippen molar-refractivity contribution in [1.29, 1.82) is 0 Å². The van der Waals surface area contributed by atoms with Gasteiger partial charge in [-0.25, -0.2) is 0 Å². The molecule has 0 spiro atoms. The Morgan fingerprint density at radius 1 is 1.35 bits per heavy atom. The lowest BCUT2D eigenvalue weighted by Crippen LogP contribution is -2.34. The third-order valence-electron chi connectivity index (χ3n) is 4.67. The molecule has 0 bridgehead atoms. The molecule has 0 aliphatic heterocycles. The minimum Gasteiger partial charge on any atom is -0.310 e. The van der Waals surface area contributed by atoms with E-state index in [9.17, 15) is 0 Å². The maximum Gasteiger partial charge on any atom is 0.0640 e. The van der Waals surface area contributed by atoms with E-state index >= 15 is 0 Å². The second kappa shape index (κ2) is 6.68. The lowest BCUT2D eigenvalue weighted by molar-refractivity contribution is 0.198. The summed E-state index contributed by atoms with van der Waals surface area (Å²) >= 11 is 12.7. The Morgan fingerprint density at radius 2 is 2.10 bits per heavy atom. The van der Waals surface area contributed by atoms with Gasteiger partial charge in [0.1, 0.15) is 0 Å². The van der Waals surface area contributed by atoms with Crippen molar-refractivity contribution in [2.75, 3.05) is 6.54 Å². The van der Waals surface area contributed by atoms with Gasteiger partial charge in [0.2, 0.25) is 0 Å². The summed E-state index contributed by atoms with van der Waals surface area (Å²) in [6, 6.07) is 6.30. The smallest absolute Gasteiger partial charge is 0.0640 e. The standard InChI is InChI=1S/C17H25Cl2N/c1-4-11-20-16(13-8-6-10-17(13,2)3)12-7-5-9-14(18)15(12)19/h5,7,9,13,16,20H,4,6,8,10-11H2,1-3H3. The monoisotopic (exact) mass is 313 g/mol. The van der Waals surface area contributed by atoms with Crippen LogP contribution in [0.2, 0.25) is 10.0 Å². The van der Waals surface area contributed by atoms with Crippen LogP contribution in [-0.2, 0) is 0 Å². The van der Waals surface area contributed by atoms with Crippen LogP contribution < -0.4 is 5.32 Å². The van der Waals surface area contributed by atoms with Crippen molar-refractivity contribution in [1.82, 2.24) is 5.32 Å². The van der Waals surface area contributed by atoms with E-state index in [0.717, 1.165) is 18.5 Å². The van der Waals surface area contributed by atoms with Gasteiger partial charge in [0.05, 0.1) is 10.0 Å². The molecule has 1 nitrogen and oxygen atoms in total. The first-order valence-electron chi connectivity index (χ1n) is 7.64. The van der Waals surface area contributed by atoms with Crippen LogP contribution in [-0.4, -0.2) is 6.54 Å². The fourth-order valence-corrected chi connectivity index (χ4v) is 3.93. The first-order chi connectivity index (χ1) is 9.47. The van der Waals surface area contributed by atoms with Crippen LogP contribution in [0.25, 0.3) is 0 Å². The van der Waals surface area contributed by atoms with Gasteiger partial charge < -0.3 is 5.32 Å². The molecule has 1 N–H and O–H groups in total. The molecule has 20 heavy (non-hydrogen) atoms. The summed E-state index contributed by atoms with van der Waals surface area (Å²) in [6.45, 7) is 7.97. The van der Waals surface area contributed by atoms with Crippen LogP contribution in [0.5, 0.6) is 0 Å². The largest absolute Gasteiger partial charge is 0.310 e. The van der Waals surface area contributed by atoms with E-state index in [-0.39, 0.29) is 0 Å². The summed E-state index contributed by atoms with van der Waals surface area (Å²) in [4.78, 5) is 0. The molecule has 1 aliphatic carbocycles. The van der Waals surface area contributed by atoms with E-state index in [4.69, 9.17) is 23.2 Å². The Bertz CT molecular complexity index is 456. The second-order valence-electron chi connectivity index (χ2n) is 6.56. The highest BCUT2D eigenvalue weighted by molar-refractivity contribution is 6.42. The predicted molar refractivity (Wildman–Crippen MR) is 88.6 cm³/mol. The highest BCUT2D eigenvalue weighted by atomic mass is 35.5. The summed E-state index contributed by atoms with van der Waals surface area (Å²) in [5.74, 6) is 0.616. The molecule has 0 heterocycles. The van der Waals surface area contributed by atoms with Crippen LogP contribution in [0.1, 0.15) is 58.1 Å². The molecule has 1 aliphatic rings. The molecule has 0 aromatic heterocycles. The Kier molecular flexibility index (Phi) is 5.39. The van der Waals surface area contributed by atoms with Gasteiger partial charge in [-0.3, -0.25) is 0 Å². The van der Waals surface area contributed by atoms with Crippen molar-refractivity contribution < 1.29 is 0 Å². The van der Waals surface area contributed by atoms with Gasteiger partial charge >= 0.3 is 0 Å². The van der Waals surface area contributed by atoms with Crippen molar-refractivity contribution in [2.45, 2.75) is 52.5 Å². The molecule has 112 valence electrons. The van der Waals surface area contributed by atoms with Crippen LogP contribution in [0.15, 0.2) is 18.2 Å². The summed E-state index contributed by atoms with van der Waals surface area (Å²) in [5, 5.41) is 5.08. The molecule has 1 aromatic rings. The highest BCUT2D eigenvalue weighted by Gasteiger charge is 2.40. The van der Waals surface area contributed by atoms with Gasteiger partial charge in [0, 0.05) is 6.04 Å². The van der Waals surface area contributed by atoms with Gasteiger partial charge in [-0.2, -0.15) is 0 Å². The fourth-order valence-electron chi connectivity index (χ4n) is 3.50. The van der Waals surface area contributed by atoms with E-state index in [0.29, 0.717) is 27.4 Å². The molecule has 2 unspecified atom stereocenters. The molecule has 3 heteroatoms. The first kappa shape index (κ1) is 16.1. The van der Waals surface area contributed by atoms with Gasteiger partial charge in [-0.05, 0) is 48.8 Å². The molecular weight excluding hydrogens is 289 g/mol. The molecular formula is C17H25Cl2N. The van der Waals surface area contributed by atoms with Crippen molar-refractivity contribution in [2.24, 2.45) is 11.3 Å². The molecule has 2 rings (SSSR count). The van der Waals surface area contributed by atoms with E-state index in [1.807, 2.05) is 12.1 Å². The minimum absolute atomic E-state index is 0.304. The van der Waals surface area contributed by atoms with Crippen molar-refractivity contribution >= 4 is 23.2 Å². The maximum absolute atomic E-state index is 6.47. The quantitative estimate of drug-likeness (QED) is 0.717. The highest BCUT2D eigenvalue weighted by Crippen LogP contribution is 2.50. The lowest BCUT2D eigenvalue weighted by Gasteiger charge is -2.35. The second-order valence-corrected chi connectivity index (χ2v) is 7.35. The van der Waals surface area contributed by atoms with Gasteiger partial charge in [-0.15, -0.1) is 0 Å². The maximum atomic E-state index is 6.47. The normalized spacial score (nSPS) is 22.9. The number of halogens is 2. The summed E-state index contributed by atoms with van der Waals surface area (Å²) < 4.78 is 0. The third kappa shape index (κ3) is 3.32. The third-order valence-corrected chi connectivity index (χ3v) is 5.51. The SMILES string of the molecule is CCCNC(c1cccc(Cl)c1Cl)C1CCCC1(C)C. The lowest BCUT2D eigenvalue weighted by atomic mass is 9.75. The van der Waals surface area contributed by atoms with Crippen molar-refractivity contribution in [3.63, 3.8) is 0 Å². The number of nitrogens with one attached hydrogen (secondary N) is 1. The van der Waals surface area contributed by atoms with Gasteiger partial charge in [0.25, 0.3) is 0 Å². The molecule has 0 saturated heterocycles. The van der Waals surface area contributed by atoms with E-state index in [1.54, 1.807) is 0 Å². The topological polar surface area (TPSA) is 12.0 Å². The Labute approximate surface area is 133 Å². The molecule has 1 fully saturated rings. The first-order valence-corrected chi connectivity index (χ1v) is 8.40. The number of hydrogen-bond acceptors (Lipinski definition) is 1. The van der Waals surface area contributed by atoms with Gasteiger partial charge in [-0.1, -0.05) is 62.5 Å². The van der Waals surface area contributed by atoms with E-state index in [1.165, 1.54) is 19.3 Å². The minimum atomic E-state index is 0.304. The Balaban J connectivity index is 2.34. The van der Waals surface area contributed by atoms with E-state index < -0.39 is 0 Å². The summed E-state index contributed by atoms with van der Waals surface area (Å²) in [5.41, 5.74) is 1.52. The molecule has 0 amide bonds. The Hall–Kier alpha value is -0.240. The van der Waals surface area contributed by atoms with E-state index in [2.05, 4.69) is 32.2 Å². The molecule has 1 saturated carbocycles. The Morgan fingerprint density at radius 3 is 2.70 bits per heavy atom. The molecule has 0 radical (unpaired) electrons. The molecule has 1 aromatic carbocycles. The zero-order valence-electron chi connectivity index (χ0n) is 12.7. The number of benzene rings is 1. The summed E-state index contributed by atoms with van der Waals surface area (Å²) in [6.07, 6.45) is 4.99. The van der Waals surface area contributed by atoms with Crippen LogP contribution in [0.3, 0.4) is 0 Å². The van der Waals surface area contributed by atoms with Gasteiger partial charge in [0.15, 0.2) is 0 Å². The zero-order valence-corrected chi connectivity index (χ0v) is 14.2. The number of rotatable bonds is 5. The zero-order chi connectivity index (χ0) is 14.8. The van der Waals surface area contributed by atoms with Crippen molar-refractivity contribution in [3.05, 3.63) is 33.8 Å². The average molecular weight is 314 g/mol. The fraction of sp³-hybridized carbons (Fsp3) is 0.647. The summed E-state index contributed by atoms with van der Waals surface area (Å²) in [7, 11) is 0. The predicted octanol–water partition coefficient (Wildman–Crippen LogP) is 5.86. The number of hydrogen-bond donors (Lipinski definition) is 1.